The van der Waals surface area contributed by atoms with Crippen molar-refractivity contribution in [2.75, 3.05) is 33.4 Å². The first-order chi connectivity index (χ1) is 10.4. The number of guanidine groups is 1. The van der Waals surface area contributed by atoms with E-state index in [1.54, 1.807) is 0 Å². The zero-order chi connectivity index (χ0) is 14.8. The molecule has 0 bridgehead atoms. The van der Waals surface area contributed by atoms with Crippen molar-refractivity contribution < 1.29 is 4.74 Å². The minimum Gasteiger partial charge on any atom is -0.377 e. The van der Waals surface area contributed by atoms with Crippen molar-refractivity contribution in [3.8, 4) is 0 Å². The molecule has 2 N–H and O–H groups in total. The molecule has 0 aromatic rings. The highest BCUT2D eigenvalue weighted by molar-refractivity contribution is 14.0. The molecule has 1 heterocycles. The maximum atomic E-state index is 5.32. The average Bonchev–Trinajstić information content (AvgIpc) is 3.04. The molecule has 0 saturated heterocycles. The second-order valence-corrected chi connectivity index (χ2v) is 6.16. The smallest absolute Gasteiger partial charge is 0.190 e. The molecule has 5 heteroatoms. The van der Waals surface area contributed by atoms with Gasteiger partial charge in [-0.05, 0) is 31.6 Å². The van der Waals surface area contributed by atoms with Gasteiger partial charge in [-0.1, -0.05) is 37.3 Å². The Morgan fingerprint density at radius 3 is 2.73 bits per heavy atom. The maximum absolute atomic E-state index is 5.32. The third-order valence-electron chi connectivity index (χ3n) is 4.58. The van der Waals surface area contributed by atoms with Crippen LogP contribution in [0, 0.1) is 5.92 Å². The van der Waals surface area contributed by atoms with Crippen LogP contribution in [0.15, 0.2) is 16.6 Å². The maximum Gasteiger partial charge on any atom is 0.190 e. The van der Waals surface area contributed by atoms with E-state index in [2.05, 4.69) is 21.7 Å². The number of ether oxygens (including phenoxy) is 1. The van der Waals surface area contributed by atoms with Gasteiger partial charge in [-0.3, -0.25) is 4.99 Å². The second-order valence-electron chi connectivity index (χ2n) is 6.16. The first-order valence-corrected chi connectivity index (χ1v) is 8.58. The molecule has 2 aliphatic rings. The molecule has 0 radical (unpaired) electrons. The molecule has 1 aliphatic carbocycles. The molecule has 0 spiro atoms. The van der Waals surface area contributed by atoms with Crippen LogP contribution >= 0.6 is 24.0 Å². The Labute approximate surface area is 152 Å². The summed E-state index contributed by atoms with van der Waals surface area (Å²) in [5.41, 5.74) is 1.51. The molecular formula is C17H32IN3O. The Balaban J connectivity index is 0.00000242. The van der Waals surface area contributed by atoms with Crippen molar-refractivity contribution in [1.29, 1.82) is 0 Å². The van der Waals surface area contributed by atoms with Crippen LogP contribution in [0.25, 0.3) is 0 Å². The van der Waals surface area contributed by atoms with Crippen LogP contribution in [-0.2, 0) is 4.74 Å². The topological polar surface area (TPSA) is 45.7 Å². The highest BCUT2D eigenvalue weighted by Crippen LogP contribution is 2.28. The molecule has 128 valence electrons. The van der Waals surface area contributed by atoms with Gasteiger partial charge in [0.15, 0.2) is 5.96 Å². The fraction of sp³-hybridized carbons (Fsp3) is 0.824. The summed E-state index contributed by atoms with van der Waals surface area (Å²) in [6.07, 6.45) is 12.8. The van der Waals surface area contributed by atoms with Crippen molar-refractivity contribution in [2.45, 2.75) is 51.4 Å². The third kappa shape index (κ3) is 7.81. The van der Waals surface area contributed by atoms with Crippen molar-refractivity contribution in [3.63, 3.8) is 0 Å². The van der Waals surface area contributed by atoms with Gasteiger partial charge in [-0.25, -0.2) is 0 Å². The molecule has 2 rings (SSSR count). The van der Waals surface area contributed by atoms with Crippen LogP contribution in [0.2, 0.25) is 0 Å². The minimum absolute atomic E-state index is 0. The Kier molecular flexibility index (Phi) is 10.9. The summed E-state index contributed by atoms with van der Waals surface area (Å²) in [5.74, 6) is 1.93. The highest BCUT2D eigenvalue weighted by Gasteiger charge is 2.14. The normalized spacial score (nSPS) is 19.5. The summed E-state index contributed by atoms with van der Waals surface area (Å²) < 4.78 is 5.32. The lowest BCUT2D eigenvalue weighted by molar-refractivity contribution is 0.153. The van der Waals surface area contributed by atoms with Crippen LogP contribution in [0.5, 0.6) is 0 Å². The largest absolute Gasteiger partial charge is 0.377 e. The van der Waals surface area contributed by atoms with Crippen molar-refractivity contribution >= 4 is 29.9 Å². The number of halogens is 1. The lowest BCUT2D eigenvalue weighted by Crippen LogP contribution is -2.38. The SMILES string of the molecule is CN=C(NCCCC1CCCC1)NCCC1=CCOCC1.I. The van der Waals surface area contributed by atoms with Crippen LogP contribution in [-0.4, -0.2) is 39.3 Å². The van der Waals surface area contributed by atoms with E-state index in [1.807, 2.05) is 7.05 Å². The Morgan fingerprint density at radius 1 is 1.27 bits per heavy atom. The summed E-state index contributed by atoms with van der Waals surface area (Å²) in [7, 11) is 1.85. The molecule has 0 aromatic heterocycles. The van der Waals surface area contributed by atoms with Gasteiger partial charge in [0, 0.05) is 20.1 Å². The van der Waals surface area contributed by atoms with Gasteiger partial charge < -0.3 is 15.4 Å². The molecule has 0 amide bonds. The van der Waals surface area contributed by atoms with E-state index in [4.69, 9.17) is 4.74 Å². The van der Waals surface area contributed by atoms with Gasteiger partial charge in [-0.15, -0.1) is 24.0 Å². The molecule has 22 heavy (non-hydrogen) atoms. The standard InChI is InChI=1S/C17H31N3O.HI/c1-18-17(19-11-4-7-15-5-2-3-6-15)20-12-8-16-9-13-21-14-10-16;/h9,15H,2-8,10-14H2,1H3,(H2,18,19,20);1H. The first kappa shape index (κ1) is 19.7. The third-order valence-corrected chi connectivity index (χ3v) is 4.58. The molecule has 0 unspecified atom stereocenters. The van der Waals surface area contributed by atoms with Crippen LogP contribution in [0.3, 0.4) is 0 Å². The number of rotatable bonds is 7. The van der Waals surface area contributed by atoms with E-state index in [1.165, 1.54) is 44.1 Å². The van der Waals surface area contributed by atoms with E-state index in [-0.39, 0.29) is 24.0 Å². The van der Waals surface area contributed by atoms with Gasteiger partial charge in [0.05, 0.1) is 13.2 Å². The van der Waals surface area contributed by atoms with E-state index in [0.29, 0.717) is 0 Å². The monoisotopic (exact) mass is 421 g/mol. The van der Waals surface area contributed by atoms with Gasteiger partial charge in [-0.2, -0.15) is 0 Å². The molecule has 1 fully saturated rings. The lowest BCUT2D eigenvalue weighted by atomic mass is 10.0. The lowest BCUT2D eigenvalue weighted by Gasteiger charge is -2.16. The summed E-state index contributed by atoms with van der Waals surface area (Å²) in [5, 5.41) is 6.83. The number of hydrogen-bond acceptors (Lipinski definition) is 2. The van der Waals surface area contributed by atoms with Gasteiger partial charge in [0.2, 0.25) is 0 Å². The van der Waals surface area contributed by atoms with Gasteiger partial charge >= 0.3 is 0 Å². The Hall–Kier alpha value is -0.300. The molecule has 0 aromatic carbocycles. The van der Waals surface area contributed by atoms with Crippen molar-refractivity contribution in [1.82, 2.24) is 10.6 Å². The quantitative estimate of drug-likeness (QED) is 0.218. The predicted octanol–water partition coefficient (Wildman–Crippen LogP) is 3.48. The van der Waals surface area contributed by atoms with Gasteiger partial charge in [0.1, 0.15) is 0 Å². The molecule has 1 saturated carbocycles. The highest BCUT2D eigenvalue weighted by atomic mass is 127. The first-order valence-electron chi connectivity index (χ1n) is 8.58. The van der Waals surface area contributed by atoms with E-state index < -0.39 is 0 Å². The summed E-state index contributed by atoms with van der Waals surface area (Å²) in [6.45, 7) is 3.64. The number of nitrogens with one attached hydrogen (secondary N) is 2. The summed E-state index contributed by atoms with van der Waals surface area (Å²) in [6, 6.07) is 0. The predicted molar refractivity (Wildman–Crippen MR) is 104 cm³/mol. The molecule has 0 atom stereocenters. The minimum atomic E-state index is 0. The van der Waals surface area contributed by atoms with E-state index in [0.717, 1.165) is 51.0 Å². The van der Waals surface area contributed by atoms with Gasteiger partial charge in [0.25, 0.3) is 0 Å². The van der Waals surface area contributed by atoms with E-state index >= 15 is 0 Å². The zero-order valence-electron chi connectivity index (χ0n) is 13.9. The number of aliphatic imine (C=N–C) groups is 1. The molecule has 1 aliphatic heterocycles. The fourth-order valence-corrected chi connectivity index (χ4v) is 3.25. The van der Waals surface area contributed by atoms with Crippen molar-refractivity contribution in [3.05, 3.63) is 11.6 Å². The molecule has 4 nitrogen and oxygen atoms in total. The second kappa shape index (κ2) is 12.2. The summed E-state index contributed by atoms with van der Waals surface area (Å²) in [4.78, 5) is 4.29. The average molecular weight is 421 g/mol. The van der Waals surface area contributed by atoms with E-state index in [9.17, 15) is 0 Å². The zero-order valence-corrected chi connectivity index (χ0v) is 16.2. The summed E-state index contributed by atoms with van der Waals surface area (Å²) >= 11 is 0. The van der Waals surface area contributed by atoms with Crippen molar-refractivity contribution in [2.24, 2.45) is 10.9 Å². The van der Waals surface area contributed by atoms with Crippen LogP contribution in [0.4, 0.5) is 0 Å². The number of hydrogen-bond donors (Lipinski definition) is 2. The van der Waals surface area contributed by atoms with Crippen LogP contribution < -0.4 is 10.6 Å². The van der Waals surface area contributed by atoms with Crippen LogP contribution in [0.1, 0.15) is 51.4 Å². The fourth-order valence-electron chi connectivity index (χ4n) is 3.25. The Morgan fingerprint density at radius 2 is 2.05 bits per heavy atom. The molecular weight excluding hydrogens is 389 g/mol. The number of nitrogens with zero attached hydrogens (tertiary/aromatic N) is 1. The Bertz CT molecular complexity index is 352.